The molecule has 0 aliphatic heterocycles. The van der Waals surface area contributed by atoms with Crippen molar-refractivity contribution in [1.29, 1.82) is 0 Å². The molecule has 0 rings (SSSR count). The van der Waals surface area contributed by atoms with Crippen molar-refractivity contribution >= 4 is 101 Å². The minimum absolute atomic E-state index is 0. The largest absolute Gasteiger partial charge is 2.00 e. The Kier molecular flexibility index (Phi) is 194. The van der Waals surface area contributed by atoms with E-state index in [9.17, 15) is 0 Å². The molecule has 0 atom stereocenters. The molecule has 34 heteroatoms. The summed E-state index contributed by atoms with van der Waals surface area (Å²) in [4.78, 5) is 0. The van der Waals surface area contributed by atoms with E-state index in [1.54, 1.807) is 0 Å². The van der Waals surface area contributed by atoms with Crippen molar-refractivity contribution in [2.45, 2.75) is 0 Å². The van der Waals surface area contributed by atoms with Gasteiger partial charge in [0.15, 0.2) is 0 Å². The summed E-state index contributed by atoms with van der Waals surface area (Å²) in [6.07, 6.45) is 0. The molecule has 0 unspecified atom stereocenters. The Morgan fingerprint density at radius 3 is 0.265 bits per heavy atom. The van der Waals surface area contributed by atoms with Gasteiger partial charge in [0.1, 0.15) is 0 Å². The molecule has 0 saturated carbocycles. The minimum atomic E-state index is -4.08. The molecule has 0 fully saturated rings. The summed E-state index contributed by atoms with van der Waals surface area (Å²) < 4.78 is 180. The van der Waals surface area contributed by atoms with E-state index in [-0.39, 0.29) is 172 Å². The van der Waals surface area contributed by atoms with Crippen molar-refractivity contribution in [3.05, 3.63) is 0 Å². The SMILES string of the molecule is [La+3].[La+3].[Mg+2].[Mg+2].[O]=[Ti]([O-])[O-].[O]=[Ti]([O-])[O-].[O]=[Ti]([O-])[O-].[O]=[Ti]([O-])[O-].[O]=[Ti]([O-])[O-].[O]=[Ti]([O-])[O-].[O]=[Ti]([O-])[O-].[Pb+2].[Pb+2]. The van der Waals surface area contributed by atoms with E-state index in [0.29, 0.717) is 0 Å². The van der Waals surface area contributed by atoms with E-state index in [1.165, 1.54) is 0 Å². The zero-order valence-corrected chi connectivity index (χ0v) is 44.4. The molecule has 0 N–H and O–H groups in total. The van der Waals surface area contributed by atoms with Crippen molar-refractivity contribution < 1.29 is 276 Å². The quantitative estimate of drug-likeness (QED) is 0.203. The van der Waals surface area contributed by atoms with Crippen LogP contribution >= 0.6 is 0 Å². The Morgan fingerprint density at radius 2 is 0.265 bits per heavy atom. The number of rotatable bonds is 0. The summed E-state index contributed by atoms with van der Waals surface area (Å²) in [6, 6.07) is 0. The van der Waals surface area contributed by atoms with Gasteiger partial charge in [0, 0.05) is 0 Å². The molecule has 0 aliphatic rings. The van der Waals surface area contributed by atoms with Crippen molar-refractivity contribution in [3.63, 3.8) is 0 Å². The summed E-state index contributed by atoms with van der Waals surface area (Å²) in [5.41, 5.74) is 0. The van der Waals surface area contributed by atoms with Gasteiger partial charge < -0.3 is 0 Å². The molecular formula is La2Mg2O21Pb2Ti7. The first-order valence-corrected chi connectivity index (χ1v) is 17.7. The van der Waals surface area contributed by atoms with Crippen LogP contribution in [0.4, 0.5) is 0 Å². The first-order chi connectivity index (χ1) is 12.1. The summed E-state index contributed by atoms with van der Waals surface area (Å²) in [7, 11) is 0. The van der Waals surface area contributed by atoms with Crippen LogP contribution in [-0.4, -0.2) is 101 Å². The molecule has 0 aromatic carbocycles. The molecule has 0 amide bonds. The van der Waals surface area contributed by atoms with Gasteiger partial charge in [-0.1, -0.05) is 0 Å². The molecule has 172 valence electrons. The van der Waals surface area contributed by atoms with Crippen LogP contribution in [0.25, 0.3) is 0 Å². The molecule has 34 heavy (non-hydrogen) atoms. The van der Waals surface area contributed by atoms with E-state index in [1.807, 2.05) is 0 Å². The van der Waals surface area contributed by atoms with E-state index in [4.69, 9.17) is 74.9 Å². The number of hydrogen-bond acceptors (Lipinski definition) is 21. The fourth-order valence-electron chi connectivity index (χ4n) is 0. The van der Waals surface area contributed by atoms with Crippen molar-refractivity contribution in [2.24, 2.45) is 0 Å². The van der Waals surface area contributed by atoms with Crippen molar-refractivity contribution in [1.82, 2.24) is 0 Å². The zero-order chi connectivity index (χ0) is 25.0. The van der Waals surface area contributed by atoms with E-state index in [2.05, 4.69) is 0 Å². The Morgan fingerprint density at radius 1 is 0.265 bits per heavy atom. The third-order valence-electron chi connectivity index (χ3n) is 0. The Hall–Kier alpha value is 8.81. The average molecular weight is 1410 g/mol. The molecule has 0 aromatic rings. The standard InChI is InChI=1S/2La.2Mg.21O.2Pb.7Ti/q2*+3;2*+2;;;;;;;;14*-1;2*+2;;;;;;;. The predicted molar refractivity (Wildman–Crippen MR) is 27.8 cm³/mol. The summed E-state index contributed by atoms with van der Waals surface area (Å²) in [5, 5.41) is 0. The van der Waals surface area contributed by atoms with Crippen LogP contribution < -0.4 is 51.6 Å². The predicted octanol–water partition coefficient (Wildman–Crippen LogP) is -19.0. The van der Waals surface area contributed by atoms with Crippen LogP contribution in [0, 0.1) is 71.2 Å². The maximum Gasteiger partial charge on any atom is 2.00 e. The van der Waals surface area contributed by atoms with Gasteiger partial charge in [0.2, 0.25) is 0 Å². The van der Waals surface area contributed by atoms with E-state index in [0.717, 1.165) is 0 Å². The first-order valence-electron chi connectivity index (χ1n) is 4.29. The number of hydrogen-bond donors (Lipinski definition) is 0. The first kappa shape index (κ1) is 84.2. The monoisotopic (exact) mass is 1410 g/mol. The minimum Gasteiger partial charge on any atom is 2.00 e. The fraction of sp³-hybridized carbons (Fsp3) is 0. The Bertz CT molecular complexity index is 334. The van der Waals surface area contributed by atoms with Gasteiger partial charge in [0.25, 0.3) is 0 Å². The van der Waals surface area contributed by atoms with Crippen LogP contribution in [0.2, 0.25) is 0 Å². The second-order valence-corrected chi connectivity index (χ2v) is 7.22. The molecule has 21 nitrogen and oxygen atoms in total. The maximum atomic E-state index is 8.58. The van der Waals surface area contributed by atoms with Crippen LogP contribution in [-0.2, 0) is 154 Å². The average Bonchev–Trinajstić information content (AvgIpc) is 2.20. The van der Waals surface area contributed by atoms with E-state index < -0.39 is 130 Å². The molecule has 0 aliphatic carbocycles. The summed E-state index contributed by atoms with van der Waals surface area (Å²) in [5.74, 6) is 0. The van der Waals surface area contributed by atoms with Crippen LogP contribution in [0.1, 0.15) is 0 Å². The maximum absolute atomic E-state index is 8.58. The van der Waals surface area contributed by atoms with Crippen LogP contribution in [0.15, 0.2) is 0 Å². The van der Waals surface area contributed by atoms with Crippen molar-refractivity contribution in [3.8, 4) is 0 Å². The summed E-state index contributed by atoms with van der Waals surface area (Å²) in [6.45, 7) is 0. The smallest absolute Gasteiger partial charge is 2.00 e. The van der Waals surface area contributed by atoms with Gasteiger partial charge in [-0.05, 0) is 0 Å². The second kappa shape index (κ2) is 78.4. The zero-order valence-electron chi connectivity index (χ0n) is 15.6. The second-order valence-electron chi connectivity index (χ2n) is 1.75. The molecule has 0 heterocycles. The Labute approximate surface area is 367 Å². The van der Waals surface area contributed by atoms with Gasteiger partial charge in [-0.2, -0.15) is 0 Å². The van der Waals surface area contributed by atoms with Gasteiger partial charge in [0.05, 0.1) is 0 Å². The molecule has 4 radical (unpaired) electrons. The third-order valence-corrected chi connectivity index (χ3v) is 0. The van der Waals surface area contributed by atoms with Gasteiger partial charge in [-0.3, -0.25) is 0 Å². The normalized spacial score (nSPS) is 5.35. The van der Waals surface area contributed by atoms with Crippen LogP contribution in [0.5, 0.6) is 0 Å². The molecular weight excluding hydrogens is 1410 g/mol. The van der Waals surface area contributed by atoms with Gasteiger partial charge in [-0.25, -0.2) is 0 Å². The third kappa shape index (κ3) is 834. The summed E-state index contributed by atoms with van der Waals surface area (Å²) >= 11 is -28.6. The van der Waals surface area contributed by atoms with Gasteiger partial charge >= 0.3 is 377 Å². The molecule has 0 aromatic heterocycles. The van der Waals surface area contributed by atoms with E-state index >= 15 is 0 Å². The van der Waals surface area contributed by atoms with Crippen LogP contribution in [0.3, 0.4) is 0 Å². The van der Waals surface area contributed by atoms with Gasteiger partial charge in [-0.15, -0.1) is 0 Å². The Balaban J connectivity index is -0.0000000134. The molecule has 0 bridgehead atoms. The fourth-order valence-corrected chi connectivity index (χ4v) is 0. The topological polar surface area (TPSA) is 442 Å². The molecule has 0 spiro atoms. The van der Waals surface area contributed by atoms with Crippen molar-refractivity contribution in [2.75, 3.05) is 0 Å². The molecule has 0 saturated heterocycles.